The lowest BCUT2D eigenvalue weighted by atomic mass is 10.1. The van der Waals surface area contributed by atoms with Crippen molar-refractivity contribution >= 4 is 17.4 Å². The predicted molar refractivity (Wildman–Crippen MR) is 108 cm³/mol. The molecule has 3 aromatic rings. The van der Waals surface area contributed by atoms with Crippen molar-refractivity contribution in [3.63, 3.8) is 0 Å². The Labute approximate surface area is 169 Å². The maximum Gasteiger partial charge on any atom is 0.411 e. The van der Waals surface area contributed by atoms with Crippen LogP contribution in [0.1, 0.15) is 22.5 Å². The van der Waals surface area contributed by atoms with Crippen LogP contribution in [0.15, 0.2) is 36.5 Å². The van der Waals surface area contributed by atoms with Gasteiger partial charge in [-0.2, -0.15) is 0 Å². The van der Waals surface area contributed by atoms with E-state index in [1.54, 1.807) is 13.2 Å². The van der Waals surface area contributed by atoms with Gasteiger partial charge in [0.05, 0.1) is 30.3 Å². The maximum absolute atomic E-state index is 12.0. The molecule has 0 aliphatic heterocycles. The van der Waals surface area contributed by atoms with E-state index in [1.807, 2.05) is 48.7 Å². The fourth-order valence-electron chi connectivity index (χ4n) is 3.03. The quantitative estimate of drug-likeness (QED) is 0.565. The van der Waals surface area contributed by atoms with E-state index in [9.17, 15) is 9.90 Å². The molecule has 0 saturated carbocycles. The molecule has 0 aliphatic carbocycles. The topological polar surface area (TPSA) is 94.3 Å². The second-order valence-electron chi connectivity index (χ2n) is 6.51. The highest BCUT2D eigenvalue weighted by atomic mass is 16.6. The maximum atomic E-state index is 12.0. The van der Waals surface area contributed by atoms with E-state index in [1.165, 1.54) is 0 Å². The molecule has 1 amide bonds. The molecule has 8 heteroatoms. The van der Waals surface area contributed by atoms with Gasteiger partial charge in [-0.3, -0.25) is 9.72 Å². The average molecular weight is 399 g/mol. The van der Waals surface area contributed by atoms with E-state index in [-0.39, 0.29) is 19.8 Å². The van der Waals surface area contributed by atoms with Crippen molar-refractivity contribution in [3.8, 4) is 5.75 Å². The van der Waals surface area contributed by atoms with Gasteiger partial charge in [0.25, 0.3) is 0 Å². The number of imidazole rings is 1. The number of anilines is 1. The van der Waals surface area contributed by atoms with Gasteiger partial charge in [0, 0.05) is 18.9 Å². The Hall–Kier alpha value is -3.10. The number of benzene rings is 1. The summed E-state index contributed by atoms with van der Waals surface area (Å²) in [5.41, 5.74) is 4.54. The summed E-state index contributed by atoms with van der Waals surface area (Å²) in [5, 5.41) is 12.3. The van der Waals surface area contributed by atoms with Crippen LogP contribution < -0.4 is 10.1 Å². The van der Waals surface area contributed by atoms with Crippen molar-refractivity contribution in [2.45, 2.75) is 27.1 Å². The highest BCUT2D eigenvalue weighted by Crippen LogP contribution is 2.26. The van der Waals surface area contributed by atoms with Gasteiger partial charge >= 0.3 is 6.09 Å². The van der Waals surface area contributed by atoms with Crippen LogP contribution in [-0.4, -0.2) is 40.9 Å². The number of hydrogen-bond acceptors (Lipinski definition) is 6. The number of aliphatic hydroxyl groups is 1. The lowest BCUT2D eigenvalue weighted by Crippen LogP contribution is -2.18. The van der Waals surface area contributed by atoms with E-state index in [2.05, 4.69) is 10.3 Å². The first-order valence-corrected chi connectivity index (χ1v) is 9.26. The standard InChI is InChI=1S/C21H25N3O5/c1-14-6-4-7-17(23-21(26)28-11-10-27-3)16(14)13-29-19-8-5-9-24-18(12-25)15(2)22-20(19)24/h4-9,25H,10-13H2,1-3H3,(H,23,26). The Bertz CT molecular complexity index is 999. The number of carbonyl (C=O) groups excluding carboxylic acids is 1. The molecule has 0 spiro atoms. The molecule has 0 aliphatic rings. The van der Waals surface area contributed by atoms with Crippen LogP contribution in [0.2, 0.25) is 0 Å². The van der Waals surface area contributed by atoms with Gasteiger partial charge in [0.15, 0.2) is 11.4 Å². The number of methoxy groups -OCH3 is 1. The average Bonchev–Trinajstić information content (AvgIpc) is 3.03. The number of carbonyl (C=O) groups is 1. The number of ether oxygens (including phenoxy) is 3. The minimum absolute atomic E-state index is 0.104. The summed E-state index contributed by atoms with van der Waals surface area (Å²) in [5.74, 6) is 0.590. The number of aliphatic hydroxyl groups excluding tert-OH is 1. The molecule has 0 saturated heterocycles. The monoisotopic (exact) mass is 399 g/mol. The summed E-state index contributed by atoms with van der Waals surface area (Å²) in [6, 6.07) is 9.27. The molecule has 0 unspecified atom stereocenters. The van der Waals surface area contributed by atoms with Crippen LogP contribution in [-0.2, 0) is 22.7 Å². The lowest BCUT2D eigenvalue weighted by Gasteiger charge is -2.15. The first kappa shape index (κ1) is 20.6. The molecule has 2 N–H and O–H groups in total. The Morgan fingerprint density at radius 1 is 1.21 bits per heavy atom. The number of rotatable bonds is 8. The molecule has 29 heavy (non-hydrogen) atoms. The summed E-state index contributed by atoms with van der Waals surface area (Å²) in [7, 11) is 1.54. The number of aryl methyl sites for hydroxylation is 2. The molecule has 1 aromatic carbocycles. The van der Waals surface area contributed by atoms with E-state index in [4.69, 9.17) is 14.2 Å². The number of pyridine rings is 1. The van der Waals surface area contributed by atoms with Gasteiger partial charge in [0.1, 0.15) is 13.2 Å². The Balaban J connectivity index is 1.79. The van der Waals surface area contributed by atoms with Crippen molar-refractivity contribution < 1.29 is 24.1 Å². The molecule has 0 radical (unpaired) electrons. The third-order valence-corrected chi connectivity index (χ3v) is 4.60. The minimum Gasteiger partial charge on any atom is -0.485 e. The molecule has 0 fully saturated rings. The number of hydrogen-bond donors (Lipinski definition) is 2. The van der Waals surface area contributed by atoms with E-state index in [0.717, 1.165) is 22.5 Å². The second-order valence-corrected chi connectivity index (χ2v) is 6.51. The molecular weight excluding hydrogens is 374 g/mol. The minimum atomic E-state index is -0.549. The van der Waals surface area contributed by atoms with Gasteiger partial charge in [0.2, 0.25) is 0 Å². The van der Waals surface area contributed by atoms with E-state index in [0.29, 0.717) is 23.7 Å². The Morgan fingerprint density at radius 3 is 2.79 bits per heavy atom. The SMILES string of the molecule is COCCOC(=O)Nc1cccc(C)c1COc1cccn2c(CO)c(C)nc12. The third kappa shape index (κ3) is 4.67. The number of nitrogens with zero attached hydrogens (tertiary/aromatic N) is 2. The highest BCUT2D eigenvalue weighted by molar-refractivity contribution is 5.86. The molecule has 8 nitrogen and oxygen atoms in total. The van der Waals surface area contributed by atoms with Gasteiger partial charge in [-0.25, -0.2) is 9.78 Å². The van der Waals surface area contributed by atoms with Gasteiger partial charge in [-0.05, 0) is 37.6 Å². The van der Waals surface area contributed by atoms with E-state index >= 15 is 0 Å². The largest absolute Gasteiger partial charge is 0.485 e. The van der Waals surface area contributed by atoms with Gasteiger partial charge in [-0.15, -0.1) is 0 Å². The smallest absolute Gasteiger partial charge is 0.411 e. The molecule has 154 valence electrons. The van der Waals surface area contributed by atoms with Crippen molar-refractivity contribution in [2.24, 2.45) is 0 Å². The fraction of sp³-hybridized carbons (Fsp3) is 0.333. The first-order chi connectivity index (χ1) is 14.0. The predicted octanol–water partition coefficient (Wildman–Crippen LogP) is 3.22. The van der Waals surface area contributed by atoms with Crippen LogP contribution in [0.3, 0.4) is 0 Å². The van der Waals surface area contributed by atoms with Crippen LogP contribution in [0, 0.1) is 13.8 Å². The number of nitrogens with one attached hydrogen (secondary N) is 1. The van der Waals surface area contributed by atoms with Crippen molar-refractivity contribution in [1.29, 1.82) is 0 Å². The molecule has 3 rings (SSSR count). The lowest BCUT2D eigenvalue weighted by molar-refractivity contribution is 0.107. The summed E-state index contributed by atoms with van der Waals surface area (Å²) >= 11 is 0. The normalized spacial score (nSPS) is 10.9. The number of amides is 1. The van der Waals surface area contributed by atoms with Gasteiger partial charge in [-0.1, -0.05) is 12.1 Å². The van der Waals surface area contributed by atoms with Crippen LogP contribution in [0.4, 0.5) is 10.5 Å². The summed E-state index contributed by atoms with van der Waals surface area (Å²) < 4.78 is 17.8. The Kier molecular flexibility index (Phi) is 6.69. The van der Waals surface area contributed by atoms with E-state index < -0.39 is 6.09 Å². The third-order valence-electron chi connectivity index (χ3n) is 4.60. The number of aromatic nitrogens is 2. The fourth-order valence-corrected chi connectivity index (χ4v) is 3.03. The Morgan fingerprint density at radius 2 is 2.03 bits per heavy atom. The highest BCUT2D eigenvalue weighted by Gasteiger charge is 2.14. The molecule has 0 atom stereocenters. The molecule has 2 aromatic heterocycles. The summed E-state index contributed by atoms with van der Waals surface area (Å²) in [6.07, 6.45) is 1.29. The summed E-state index contributed by atoms with van der Waals surface area (Å²) in [4.78, 5) is 16.5. The van der Waals surface area contributed by atoms with Gasteiger partial charge < -0.3 is 19.3 Å². The molecule has 0 bridgehead atoms. The molecule has 2 heterocycles. The van der Waals surface area contributed by atoms with Crippen molar-refractivity contribution in [1.82, 2.24) is 9.38 Å². The van der Waals surface area contributed by atoms with Crippen molar-refractivity contribution in [2.75, 3.05) is 25.6 Å². The zero-order chi connectivity index (χ0) is 20.8. The van der Waals surface area contributed by atoms with Crippen LogP contribution in [0.5, 0.6) is 5.75 Å². The number of fused-ring (bicyclic) bond motifs is 1. The van der Waals surface area contributed by atoms with Crippen LogP contribution >= 0.6 is 0 Å². The zero-order valence-electron chi connectivity index (χ0n) is 16.8. The second kappa shape index (κ2) is 9.40. The molecular formula is C21H25N3O5. The zero-order valence-corrected chi connectivity index (χ0v) is 16.8. The van der Waals surface area contributed by atoms with Crippen LogP contribution in [0.25, 0.3) is 5.65 Å². The summed E-state index contributed by atoms with van der Waals surface area (Å²) in [6.45, 7) is 4.44. The van der Waals surface area contributed by atoms with Crippen molar-refractivity contribution in [3.05, 3.63) is 59.0 Å². The first-order valence-electron chi connectivity index (χ1n) is 9.26.